The second kappa shape index (κ2) is 8.24. The second-order valence-corrected chi connectivity index (χ2v) is 7.08. The van der Waals surface area contributed by atoms with Crippen LogP contribution in [0.25, 0.3) is 0 Å². The highest BCUT2D eigenvalue weighted by Crippen LogP contribution is 2.28. The van der Waals surface area contributed by atoms with E-state index < -0.39 is 0 Å². The maximum atomic E-state index is 6.03. The van der Waals surface area contributed by atoms with E-state index in [0.717, 1.165) is 33.5 Å². The fraction of sp³-hybridized carbons (Fsp3) is 0.227. The van der Waals surface area contributed by atoms with E-state index in [-0.39, 0.29) is 0 Å². The van der Waals surface area contributed by atoms with E-state index in [1.165, 1.54) is 5.56 Å². The lowest BCUT2D eigenvalue weighted by Gasteiger charge is -2.13. The number of hydrogen-bond donors (Lipinski definition) is 1. The molecule has 134 valence electrons. The Morgan fingerprint density at radius 3 is 2.46 bits per heavy atom. The van der Waals surface area contributed by atoms with Crippen LogP contribution in [0.3, 0.4) is 0 Å². The first kappa shape index (κ1) is 18.3. The molecule has 0 aliphatic rings. The maximum absolute atomic E-state index is 6.03. The molecule has 0 aliphatic carbocycles. The normalized spacial score (nSPS) is 10.8. The Kier molecular flexibility index (Phi) is 5.79. The SMILES string of the molecule is Cc1ccc(C(C)C)cc1Oc1ccc(NCc2ccc(Cl)cc2)nc1. The molecule has 3 aromatic rings. The zero-order chi connectivity index (χ0) is 18.5. The summed E-state index contributed by atoms with van der Waals surface area (Å²) in [5.41, 5.74) is 3.52. The largest absolute Gasteiger partial charge is 0.455 e. The minimum absolute atomic E-state index is 0.468. The summed E-state index contributed by atoms with van der Waals surface area (Å²) in [5, 5.41) is 4.04. The van der Waals surface area contributed by atoms with Crippen LogP contribution in [0.5, 0.6) is 11.5 Å². The van der Waals surface area contributed by atoms with Gasteiger partial charge >= 0.3 is 0 Å². The van der Waals surface area contributed by atoms with E-state index in [1.54, 1.807) is 6.20 Å². The van der Waals surface area contributed by atoms with Crippen molar-refractivity contribution in [2.45, 2.75) is 33.2 Å². The van der Waals surface area contributed by atoms with Gasteiger partial charge < -0.3 is 10.1 Å². The number of aromatic nitrogens is 1. The molecule has 0 fully saturated rings. The van der Waals surface area contributed by atoms with Gasteiger partial charge in [-0.2, -0.15) is 0 Å². The predicted octanol–water partition coefficient (Wildman–Crippen LogP) is 6.57. The van der Waals surface area contributed by atoms with E-state index in [4.69, 9.17) is 16.3 Å². The second-order valence-electron chi connectivity index (χ2n) is 6.64. The number of anilines is 1. The molecule has 3 rings (SSSR count). The van der Waals surface area contributed by atoms with Crippen LogP contribution < -0.4 is 10.1 Å². The first-order chi connectivity index (χ1) is 12.5. The molecule has 0 saturated heterocycles. The van der Waals surface area contributed by atoms with Gasteiger partial charge in [-0.3, -0.25) is 0 Å². The van der Waals surface area contributed by atoms with E-state index in [2.05, 4.69) is 49.3 Å². The lowest BCUT2D eigenvalue weighted by molar-refractivity contribution is 0.475. The fourth-order valence-corrected chi connectivity index (χ4v) is 2.68. The molecule has 0 atom stereocenters. The van der Waals surface area contributed by atoms with Crippen molar-refractivity contribution < 1.29 is 4.74 Å². The number of nitrogens with one attached hydrogen (secondary N) is 1. The van der Waals surface area contributed by atoms with Crippen LogP contribution in [0.4, 0.5) is 5.82 Å². The Balaban J connectivity index is 1.64. The van der Waals surface area contributed by atoms with Crippen molar-refractivity contribution in [2.24, 2.45) is 0 Å². The summed E-state index contributed by atoms with van der Waals surface area (Å²) in [6.07, 6.45) is 1.74. The molecule has 0 spiro atoms. The van der Waals surface area contributed by atoms with Gasteiger partial charge in [-0.05, 0) is 59.9 Å². The molecule has 0 bridgehead atoms. The van der Waals surface area contributed by atoms with Crippen molar-refractivity contribution in [3.05, 3.63) is 82.5 Å². The van der Waals surface area contributed by atoms with Gasteiger partial charge in [0.15, 0.2) is 0 Å². The number of nitrogens with zero attached hydrogens (tertiary/aromatic N) is 1. The summed E-state index contributed by atoms with van der Waals surface area (Å²) in [6, 6.07) is 18.0. The van der Waals surface area contributed by atoms with Crippen LogP contribution in [-0.4, -0.2) is 4.98 Å². The van der Waals surface area contributed by atoms with Gasteiger partial charge in [0.1, 0.15) is 17.3 Å². The van der Waals surface area contributed by atoms with Gasteiger partial charge in [0.25, 0.3) is 0 Å². The van der Waals surface area contributed by atoms with Gasteiger partial charge in [0.05, 0.1) is 6.20 Å². The third-order valence-electron chi connectivity index (χ3n) is 4.23. The molecule has 0 aliphatic heterocycles. The Bertz CT molecular complexity index is 858. The van der Waals surface area contributed by atoms with Crippen LogP contribution in [0, 0.1) is 6.92 Å². The lowest BCUT2D eigenvalue weighted by Crippen LogP contribution is -2.01. The summed E-state index contributed by atoms with van der Waals surface area (Å²) < 4.78 is 6.03. The molecule has 26 heavy (non-hydrogen) atoms. The van der Waals surface area contributed by atoms with Crippen LogP contribution in [0.2, 0.25) is 5.02 Å². The number of aryl methyl sites for hydroxylation is 1. The minimum atomic E-state index is 0.468. The molecule has 0 unspecified atom stereocenters. The van der Waals surface area contributed by atoms with Crippen molar-refractivity contribution in [1.29, 1.82) is 0 Å². The maximum Gasteiger partial charge on any atom is 0.145 e. The summed E-state index contributed by atoms with van der Waals surface area (Å²) in [4.78, 5) is 4.43. The Morgan fingerprint density at radius 1 is 1.04 bits per heavy atom. The van der Waals surface area contributed by atoms with Crippen molar-refractivity contribution >= 4 is 17.4 Å². The molecule has 1 heterocycles. The molecular weight excluding hydrogens is 344 g/mol. The van der Waals surface area contributed by atoms with Gasteiger partial charge in [0, 0.05) is 11.6 Å². The Morgan fingerprint density at radius 2 is 1.81 bits per heavy atom. The van der Waals surface area contributed by atoms with E-state index in [0.29, 0.717) is 12.5 Å². The number of ether oxygens (including phenoxy) is 1. The van der Waals surface area contributed by atoms with Gasteiger partial charge in [-0.25, -0.2) is 4.98 Å². The Labute approximate surface area is 160 Å². The Hall–Kier alpha value is -2.52. The fourth-order valence-electron chi connectivity index (χ4n) is 2.55. The zero-order valence-corrected chi connectivity index (χ0v) is 16.0. The van der Waals surface area contributed by atoms with Crippen molar-refractivity contribution in [2.75, 3.05) is 5.32 Å². The average Bonchev–Trinajstić information content (AvgIpc) is 2.64. The van der Waals surface area contributed by atoms with Crippen molar-refractivity contribution in [1.82, 2.24) is 4.98 Å². The summed E-state index contributed by atoms with van der Waals surface area (Å²) in [7, 11) is 0. The van der Waals surface area contributed by atoms with Gasteiger partial charge in [0.2, 0.25) is 0 Å². The highest BCUT2D eigenvalue weighted by molar-refractivity contribution is 6.30. The van der Waals surface area contributed by atoms with Crippen LogP contribution >= 0.6 is 11.6 Å². The highest BCUT2D eigenvalue weighted by atomic mass is 35.5. The molecule has 4 heteroatoms. The van der Waals surface area contributed by atoms with Gasteiger partial charge in [-0.1, -0.05) is 49.7 Å². The third kappa shape index (κ3) is 4.77. The number of benzene rings is 2. The average molecular weight is 367 g/mol. The first-order valence-corrected chi connectivity index (χ1v) is 9.12. The topological polar surface area (TPSA) is 34.1 Å². The molecular formula is C22H23ClN2O. The molecule has 2 aromatic carbocycles. The summed E-state index contributed by atoms with van der Waals surface area (Å²) in [5.74, 6) is 2.88. The van der Waals surface area contributed by atoms with E-state index >= 15 is 0 Å². The third-order valence-corrected chi connectivity index (χ3v) is 4.48. The molecule has 0 radical (unpaired) electrons. The smallest absolute Gasteiger partial charge is 0.145 e. The summed E-state index contributed by atoms with van der Waals surface area (Å²) in [6.45, 7) is 7.10. The van der Waals surface area contributed by atoms with Crippen LogP contribution in [0.1, 0.15) is 36.5 Å². The number of hydrogen-bond acceptors (Lipinski definition) is 3. The van der Waals surface area contributed by atoms with Crippen LogP contribution in [0.15, 0.2) is 60.8 Å². The lowest BCUT2D eigenvalue weighted by atomic mass is 10.0. The molecule has 0 saturated carbocycles. The molecule has 1 aromatic heterocycles. The van der Waals surface area contributed by atoms with Gasteiger partial charge in [-0.15, -0.1) is 0 Å². The highest BCUT2D eigenvalue weighted by Gasteiger charge is 2.06. The van der Waals surface area contributed by atoms with E-state index in [9.17, 15) is 0 Å². The molecule has 1 N–H and O–H groups in total. The van der Waals surface area contributed by atoms with E-state index in [1.807, 2.05) is 36.4 Å². The minimum Gasteiger partial charge on any atom is -0.455 e. The standard InChI is InChI=1S/C22H23ClN2O/c1-15(2)18-7-4-16(3)21(12-18)26-20-10-11-22(25-14-20)24-13-17-5-8-19(23)9-6-17/h4-12,14-15H,13H2,1-3H3,(H,24,25). The van der Waals surface area contributed by atoms with Crippen molar-refractivity contribution in [3.8, 4) is 11.5 Å². The van der Waals surface area contributed by atoms with Crippen molar-refractivity contribution in [3.63, 3.8) is 0 Å². The molecule has 3 nitrogen and oxygen atoms in total. The summed E-state index contributed by atoms with van der Waals surface area (Å²) >= 11 is 5.90. The number of halogens is 1. The predicted molar refractivity (Wildman–Crippen MR) is 108 cm³/mol. The zero-order valence-electron chi connectivity index (χ0n) is 15.3. The number of pyridine rings is 1. The number of rotatable bonds is 6. The first-order valence-electron chi connectivity index (χ1n) is 8.74. The van der Waals surface area contributed by atoms with Crippen LogP contribution in [-0.2, 0) is 6.54 Å². The monoisotopic (exact) mass is 366 g/mol. The quantitative estimate of drug-likeness (QED) is 0.535. The molecule has 0 amide bonds.